The predicted molar refractivity (Wildman–Crippen MR) is 92.3 cm³/mol. The third kappa shape index (κ3) is 3.13. The summed E-state index contributed by atoms with van der Waals surface area (Å²) in [6, 6.07) is 8.04. The van der Waals surface area contributed by atoms with Crippen molar-refractivity contribution in [1.29, 1.82) is 0 Å². The lowest BCUT2D eigenvalue weighted by atomic mass is 10.0. The molecule has 1 aromatic heterocycles. The number of aromatic nitrogens is 1. The summed E-state index contributed by atoms with van der Waals surface area (Å²) in [5.41, 5.74) is 2.66. The van der Waals surface area contributed by atoms with Gasteiger partial charge in [0.15, 0.2) is 5.76 Å². The zero-order chi connectivity index (χ0) is 17.3. The molecule has 5 nitrogen and oxygen atoms in total. The maximum atomic E-state index is 13.3. The van der Waals surface area contributed by atoms with E-state index in [0.29, 0.717) is 18.0 Å². The topological polar surface area (TPSA) is 63.4 Å². The molecule has 0 spiro atoms. The fourth-order valence-electron chi connectivity index (χ4n) is 3.45. The Morgan fingerprint density at radius 3 is 2.42 bits per heavy atom. The summed E-state index contributed by atoms with van der Waals surface area (Å²) in [7, 11) is -3.63. The first-order valence-corrected chi connectivity index (χ1v) is 9.86. The molecule has 1 aliphatic heterocycles. The molecule has 2 aromatic rings. The van der Waals surface area contributed by atoms with Crippen LogP contribution in [0.2, 0.25) is 0 Å². The highest BCUT2D eigenvalue weighted by Crippen LogP contribution is 2.36. The van der Waals surface area contributed by atoms with Crippen molar-refractivity contribution < 1.29 is 12.9 Å². The molecule has 1 aromatic carbocycles. The number of aryl methyl sites for hydroxylation is 3. The molecule has 0 N–H and O–H groups in total. The summed E-state index contributed by atoms with van der Waals surface area (Å²) in [5.74, 6) is 0.361. The fourth-order valence-corrected chi connectivity index (χ4v) is 5.43. The zero-order valence-electron chi connectivity index (χ0n) is 14.4. The summed E-state index contributed by atoms with van der Waals surface area (Å²) in [4.78, 5) is 0.224. The van der Waals surface area contributed by atoms with E-state index in [1.54, 1.807) is 18.2 Å². The number of hydrogen-bond acceptors (Lipinski definition) is 4. The molecule has 6 heteroatoms. The molecule has 1 saturated heterocycles. The van der Waals surface area contributed by atoms with Gasteiger partial charge >= 0.3 is 0 Å². The van der Waals surface area contributed by atoms with E-state index in [1.807, 2.05) is 31.2 Å². The Bertz CT molecular complexity index is 790. The normalized spacial score (nSPS) is 20.0. The summed E-state index contributed by atoms with van der Waals surface area (Å²) in [6.45, 7) is 5.91. The van der Waals surface area contributed by atoms with E-state index >= 15 is 0 Å². The van der Waals surface area contributed by atoms with Gasteiger partial charge in [-0.25, -0.2) is 8.42 Å². The summed E-state index contributed by atoms with van der Waals surface area (Å²) in [6.07, 6.45) is 3.80. The predicted octanol–water partition coefficient (Wildman–Crippen LogP) is 3.91. The molecule has 1 fully saturated rings. The molecule has 130 valence electrons. The van der Waals surface area contributed by atoms with E-state index in [0.717, 1.165) is 31.2 Å². The molecule has 0 aliphatic carbocycles. The van der Waals surface area contributed by atoms with Gasteiger partial charge in [0.1, 0.15) is 10.6 Å². The van der Waals surface area contributed by atoms with Crippen molar-refractivity contribution in [3.05, 3.63) is 46.8 Å². The van der Waals surface area contributed by atoms with E-state index in [2.05, 4.69) is 5.16 Å². The van der Waals surface area contributed by atoms with Crippen LogP contribution in [0.25, 0.3) is 0 Å². The van der Waals surface area contributed by atoms with Gasteiger partial charge in [0.25, 0.3) is 0 Å². The van der Waals surface area contributed by atoms with E-state index in [-0.39, 0.29) is 10.9 Å². The average Bonchev–Trinajstić information content (AvgIpc) is 2.76. The van der Waals surface area contributed by atoms with Crippen molar-refractivity contribution in [1.82, 2.24) is 9.46 Å². The van der Waals surface area contributed by atoms with Crippen molar-refractivity contribution in [3.63, 3.8) is 0 Å². The van der Waals surface area contributed by atoms with Gasteiger partial charge in [0.2, 0.25) is 10.0 Å². The van der Waals surface area contributed by atoms with Gasteiger partial charge in [-0.1, -0.05) is 47.8 Å². The van der Waals surface area contributed by atoms with Crippen molar-refractivity contribution in [2.75, 3.05) is 6.54 Å². The molecular weight excluding hydrogens is 324 g/mol. The average molecular weight is 348 g/mol. The Morgan fingerprint density at radius 2 is 1.79 bits per heavy atom. The Hall–Kier alpha value is -1.66. The quantitative estimate of drug-likeness (QED) is 0.844. The first-order chi connectivity index (χ1) is 11.4. The lowest BCUT2D eigenvalue weighted by Gasteiger charge is -2.29. The third-order valence-electron chi connectivity index (χ3n) is 4.70. The number of nitrogens with zero attached hydrogens (tertiary/aromatic N) is 2. The minimum Gasteiger partial charge on any atom is -0.360 e. The van der Waals surface area contributed by atoms with Crippen LogP contribution in [0.15, 0.2) is 33.7 Å². The Kier molecular flexibility index (Phi) is 4.78. The number of rotatable bonds is 3. The minimum atomic E-state index is -3.63. The summed E-state index contributed by atoms with van der Waals surface area (Å²) < 4.78 is 33.4. The highest BCUT2D eigenvalue weighted by Gasteiger charge is 2.36. The first-order valence-electron chi connectivity index (χ1n) is 8.42. The fraction of sp³-hybridized carbons (Fsp3) is 0.500. The Labute approximate surface area is 143 Å². The first kappa shape index (κ1) is 17.2. The number of sulfonamides is 1. The molecule has 24 heavy (non-hydrogen) atoms. The maximum Gasteiger partial charge on any atom is 0.249 e. The number of benzene rings is 1. The Morgan fingerprint density at radius 1 is 1.08 bits per heavy atom. The van der Waals surface area contributed by atoms with Crippen molar-refractivity contribution in [2.45, 2.75) is 57.4 Å². The molecule has 0 radical (unpaired) electrons. The van der Waals surface area contributed by atoms with Crippen molar-refractivity contribution in [3.8, 4) is 0 Å². The molecular formula is C18H24N2O3S. The van der Waals surface area contributed by atoms with Crippen molar-refractivity contribution in [2.24, 2.45) is 0 Å². The van der Waals surface area contributed by atoms with Gasteiger partial charge in [-0.05, 0) is 39.2 Å². The molecule has 1 atom stereocenters. The maximum absolute atomic E-state index is 13.3. The highest BCUT2D eigenvalue weighted by atomic mass is 32.2. The van der Waals surface area contributed by atoms with Gasteiger partial charge in [-0.15, -0.1) is 0 Å². The van der Waals surface area contributed by atoms with E-state index in [9.17, 15) is 8.42 Å². The lowest BCUT2D eigenvalue weighted by Crippen LogP contribution is -2.35. The Balaban J connectivity index is 2.06. The van der Waals surface area contributed by atoms with Crippen LogP contribution in [0.5, 0.6) is 0 Å². The van der Waals surface area contributed by atoms with Crippen LogP contribution in [0.1, 0.15) is 54.3 Å². The molecule has 1 aliphatic rings. The SMILES string of the molecule is Cc1ccc([C@@H]2CCCCCN2S(=O)(=O)c2c(C)noc2C)cc1. The van der Waals surface area contributed by atoms with Gasteiger partial charge in [0.05, 0.1) is 6.04 Å². The minimum absolute atomic E-state index is 0.133. The van der Waals surface area contributed by atoms with E-state index in [4.69, 9.17) is 4.52 Å². The van der Waals surface area contributed by atoms with Crippen LogP contribution in [-0.4, -0.2) is 24.4 Å². The molecule has 0 saturated carbocycles. The second-order valence-corrected chi connectivity index (χ2v) is 8.37. The molecule has 0 amide bonds. The zero-order valence-corrected chi connectivity index (χ0v) is 15.3. The molecule has 2 heterocycles. The van der Waals surface area contributed by atoms with Crippen LogP contribution in [0.4, 0.5) is 0 Å². The lowest BCUT2D eigenvalue weighted by molar-refractivity contribution is 0.327. The van der Waals surface area contributed by atoms with Gasteiger partial charge in [-0.2, -0.15) is 4.31 Å². The van der Waals surface area contributed by atoms with Crippen LogP contribution < -0.4 is 0 Å². The molecule has 0 bridgehead atoms. The molecule has 3 rings (SSSR count). The van der Waals surface area contributed by atoms with Gasteiger partial charge in [0, 0.05) is 6.54 Å². The monoisotopic (exact) mass is 348 g/mol. The van der Waals surface area contributed by atoms with Crippen LogP contribution in [0.3, 0.4) is 0 Å². The van der Waals surface area contributed by atoms with Gasteiger partial charge < -0.3 is 4.52 Å². The summed E-state index contributed by atoms with van der Waals surface area (Å²) in [5, 5.41) is 3.83. The van der Waals surface area contributed by atoms with Crippen LogP contribution in [0, 0.1) is 20.8 Å². The van der Waals surface area contributed by atoms with Crippen LogP contribution in [-0.2, 0) is 10.0 Å². The third-order valence-corrected chi connectivity index (χ3v) is 6.85. The number of hydrogen-bond donors (Lipinski definition) is 0. The van der Waals surface area contributed by atoms with Crippen molar-refractivity contribution >= 4 is 10.0 Å². The second kappa shape index (κ2) is 6.69. The van der Waals surface area contributed by atoms with E-state index < -0.39 is 10.0 Å². The highest BCUT2D eigenvalue weighted by molar-refractivity contribution is 7.89. The summed E-state index contributed by atoms with van der Waals surface area (Å²) >= 11 is 0. The van der Waals surface area contributed by atoms with E-state index in [1.165, 1.54) is 5.56 Å². The van der Waals surface area contributed by atoms with Gasteiger partial charge in [-0.3, -0.25) is 0 Å². The second-order valence-electron chi connectivity index (χ2n) is 6.54. The molecule has 0 unspecified atom stereocenters. The smallest absolute Gasteiger partial charge is 0.249 e. The largest absolute Gasteiger partial charge is 0.360 e. The van der Waals surface area contributed by atoms with Crippen LogP contribution >= 0.6 is 0 Å². The standard InChI is InChI=1S/C18H24N2O3S/c1-13-8-10-16(11-9-13)17-7-5-4-6-12-20(17)24(21,22)18-14(2)19-23-15(18)3/h8-11,17H,4-7,12H2,1-3H3/t17-/m0/s1.